The van der Waals surface area contributed by atoms with Gasteiger partial charge < -0.3 is 19.1 Å². The maximum atomic E-state index is 13.7. The smallest absolute Gasteiger partial charge is 0.303 e. The van der Waals surface area contributed by atoms with Gasteiger partial charge in [-0.05, 0) is 55.0 Å². The van der Waals surface area contributed by atoms with E-state index in [0.29, 0.717) is 35.2 Å². The fraction of sp³-hybridized carbons (Fsp3) is 0.484. The summed E-state index contributed by atoms with van der Waals surface area (Å²) in [6, 6.07) is 9.10. The van der Waals surface area contributed by atoms with Crippen LogP contribution >= 0.6 is 23.2 Å². The fourth-order valence-electron chi connectivity index (χ4n) is 8.10. The van der Waals surface area contributed by atoms with Crippen LogP contribution in [0.5, 0.6) is 11.5 Å². The van der Waals surface area contributed by atoms with E-state index in [1.165, 1.54) is 12.5 Å². The molecule has 0 unspecified atom stereocenters. The number of ether oxygens (including phenoxy) is 3. The number of hydrogen-bond acceptors (Lipinski definition) is 6. The summed E-state index contributed by atoms with van der Waals surface area (Å²) in [6.45, 7) is 6.99. The SMILES string of the molecule is C=CCN1CC[C@]23c4c5ccc(OC)c4O[C@H]2[C@H](N(C)C(=O)Cc2ccc(Cl)c(Cl)c2)CC[C@@]3(OC(C)=O)[C@H]1C5. The lowest BCUT2D eigenvalue weighted by Gasteiger charge is -2.65. The summed E-state index contributed by atoms with van der Waals surface area (Å²) >= 11 is 12.3. The van der Waals surface area contributed by atoms with Crippen LogP contribution in [-0.2, 0) is 32.6 Å². The van der Waals surface area contributed by atoms with Crippen LogP contribution in [0, 0.1) is 0 Å². The van der Waals surface area contributed by atoms with Crippen molar-refractivity contribution in [3.63, 3.8) is 0 Å². The first-order chi connectivity index (χ1) is 19.2. The Labute approximate surface area is 244 Å². The molecule has 7 nitrogen and oxygen atoms in total. The summed E-state index contributed by atoms with van der Waals surface area (Å²) in [4.78, 5) is 30.7. The second kappa shape index (κ2) is 9.97. The predicted molar refractivity (Wildman–Crippen MR) is 153 cm³/mol. The molecule has 2 aliphatic carbocycles. The molecule has 0 aromatic heterocycles. The molecule has 4 aliphatic rings. The molecule has 2 aromatic carbocycles. The molecule has 40 heavy (non-hydrogen) atoms. The highest BCUT2D eigenvalue weighted by atomic mass is 35.5. The zero-order valence-electron chi connectivity index (χ0n) is 23.0. The van der Waals surface area contributed by atoms with Gasteiger partial charge in [-0.1, -0.05) is 41.4 Å². The van der Waals surface area contributed by atoms with Crippen molar-refractivity contribution in [1.29, 1.82) is 0 Å². The number of halogens is 2. The van der Waals surface area contributed by atoms with E-state index < -0.39 is 17.1 Å². The number of likely N-dealkylation sites (N-methyl/N-ethyl adjacent to an activating group) is 1. The highest BCUT2D eigenvalue weighted by Gasteiger charge is 2.75. The van der Waals surface area contributed by atoms with Gasteiger partial charge in [-0.25, -0.2) is 0 Å². The van der Waals surface area contributed by atoms with Gasteiger partial charge in [0.1, 0.15) is 11.7 Å². The minimum atomic E-state index is -0.792. The summed E-state index contributed by atoms with van der Waals surface area (Å²) in [5, 5.41) is 0.877. The molecule has 2 aliphatic heterocycles. The first-order valence-electron chi connectivity index (χ1n) is 13.8. The van der Waals surface area contributed by atoms with Crippen LogP contribution < -0.4 is 9.47 Å². The molecule has 0 radical (unpaired) electrons. The quantitative estimate of drug-likeness (QED) is 0.337. The van der Waals surface area contributed by atoms with Gasteiger partial charge in [0.2, 0.25) is 5.91 Å². The van der Waals surface area contributed by atoms with Gasteiger partial charge in [0.25, 0.3) is 0 Å². The summed E-state index contributed by atoms with van der Waals surface area (Å²) in [7, 11) is 3.49. The van der Waals surface area contributed by atoms with Crippen LogP contribution in [0.3, 0.4) is 0 Å². The Morgan fingerprint density at radius 2 is 2.02 bits per heavy atom. The van der Waals surface area contributed by atoms with E-state index in [-0.39, 0.29) is 30.4 Å². The molecule has 2 heterocycles. The number of methoxy groups -OCH3 is 1. The highest BCUT2D eigenvalue weighted by molar-refractivity contribution is 6.42. The standard InChI is InChI=1S/C31H34Cl2N2O5/c1-5-13-35-14-12-30-27-20-7-9-24(38-4)28(27)39-29(30)23(10-11-31(30,25(35)17-20)40-18(2)36)34(3)26(37)16-19-6-8-21(32)22(33)15-19/h5-9,15,23,25,29H,1,10-14,16-17H2,2-4H3/t23-,25-,29+,30+,31-/m1/s1. The van der Waals surface area contributed by atoms with Crippen molar-refractivity contribution in [1.82, 2.24) is 9.80 Å². The highest BCUT2D eigenvalue weighted by Crippen LogP contribution is 2.67. The number of carbonyl (C=O) groups is 2. The zero-order valence-corrected chi connectivity index (χ0v) is 24.6. The Kier molecular flexibility index (Phi) is 6.83. The summed E-state index contributed by atoms with van der Waals surface area (Å²) < 4.78 is 19.1. The van der Waals surface area contributed by atoms with Crippen LogP contribution in [0.25, 0.3) is 0 Å². The number of nitrogens with zero attached hydrogens (tertiary/aromatic N) is 2. The van der Waals surface area contributed by atoms with Gasteiger partial charge >= 0.3 is 5.97 Å². The van der Waals surface area contributed by atoms with E-state index in [1.807, 2.05) is 30.2 Å². The Bertz CT molecular complexity index is 1400. The third-order valence-corrected chi connectivity index (χ3v) is 10.4. The van der Waals surface area contributed by atoms with E-state index in [4.69, 9.17) is 37.4 Å². The molecule has 1 saturated heterocycles. The van der Waals surface area contributed by atoms with Crippen LogP contribution in [-0.4, -0.2) is 72.7 Å². The van der Waals surface area contributed by atoms with Crippen molar-refractivity contribution in [2.45, 2.75) is 68.2 Å². The molecular formula is C31H34Cl2N2O5. The van der Waals surface area contributed by atoms with Crippen LogP contribution in [0.4, 0.5) is 0 Å². The van der Waals surface area contributed by atoms with Crippen molar-refractivity contribution in [3.8, 4) is 11.5 Å². The predicted octanol–water partition coefficient (Wildman–Crippen LogP) is 4.98. The summed E-state index contributed by atoms with van der Waals surface area (Å²) in [6.07, 6.45) is 4.43. The molecule has 9 heteroatoms. The van der Waals surface area contributed by atoms with E-state index in [2.05, 4.69) is 17.5 Å². The lowest BCUT2D eigenvalue weighted by atomic mass is 9.48. The maximum absolute atomic E-state index is 13.7. The van der Waals surface area contributed by atoms with Crippen molar-refractivity contribution < 1.29 is 23.8 Å². The van der Waals surface area contributed by atoms with Crippen LogP contribution in [0.15, 0.2) is 43.0 Å². The third kappa shape index (κ3) is 3.81. The van der Waals surface area contributed by atoms with Crippen molar-refractivity contribution >= 4 is 35.1 Å². The van der Waals surface area contributed by atoms with E-state index >= 15 is 0 Å². The monoisotopic (exact) mass is 584 g/mol. The van der Waals surface area contributed by atoms with Gasteiger partial charge in [-0.15, -0.1) is 6.58 Å². The van der Waals surface area contributed by atoms with Crippen molar-refractivity contribution in [3.05, 3.63) is 69.7 Å². The molecule has 5 atom stereocenters. The number of esters is 1. The average molecular weight is 586 g/mol. The number of carbonyl (C=O) groups excluding carboxylic acids is 2. The number of likely N-dealkylation sites (tertiary alicyclic amines) is 1. The Morgan fingerprint density at radius 3 is 2.73 bits per heavy atom. The number of hydrogen-bond donors (Lipinski definition) is 0. The lowest BCUT2D eigenvalue weighted by molar-refractivity contribution is -0.222. The molecule has 2 bridgehead atoms. The largest absolute Gasteiger partial charge is 0.493 e. The van der Waals surface area contributed by atoms with Gasteiger partial charge in [0.15, 0.2) is 11.5 Å². The fourth-order valence-corrected chi connectivity index (χ4v) is 8.43. The summed E-state index contributed by atoms with van der Waals surface area (Å²) in [5.74, 6) is 1.04. The molecule has 1 spiro atoms. The Balaban J connectivity index is 1.45. The topological polar surface area (TPSA) is 68.3 Å². The average Bonchev–Trinajstić information content (AvgIpc) is 3.27. The van der Waals surface area contributed by atoms with Gasteiger partial charge in [0.05, 0.1) is 41.1 Å². The molecule has 2 aromatic rings. The maximum Gasteiger partial charge on any atom is 0.303 e. The molecule has 2 fully saturated rings. The van der Waals surface area contributed by atoms with Crippen molar-refractivity contribution in [2.24, 2.45) is 0 Å². The molecule has 1 amide bonds. The van der Waals surface area contributed by atoms with Crippen molar-refractivity contribution in [2.75, 3.05) is 27.2 Å². The molecular weight excluding hydrogens is 551 g/mol. The second-order valence-corrected chi connectivity index (χ2v) is 12.2. The van der Waals surface area contributed by atoms with E-state index in [9.17, 15) is 9.59 Å². The number of rotatable bonds is 7. The Hall–Kier alpha value is -2.74. The first kappa shape index (κ1) is 27.4. The minimum Gasteiger partial charge on any atom is -0.493 e. The minimum absolute atomic E-state index is 0.0285. The van der Waals surface area contributed by atoms with Crippen LogP contribution in [0.2, 0.25) is 10.0 Å². The molecule has 0 N–H and O–H groups in total. The Morgan fingerprint density at radius 1 is 1.23 bits per heavy atom. The normalized spacial score (nSPS) is 29.7. The van der Waals surface area contributed by atoms with E-state index in [1.54, 1.807) is 19.2 Å². The van der Waals surface area contributed by atoms with Gasteiger partial charge in [-0.2, -0.15) is 0 Å². The first-order valence-corrected chi connectivity index (χ1v) is 14.5. The van der Waals surface area contributed by atoms with E-state index in [0.717, 1.165) is 36.3 Å². The van der Waals surface area contributed by atoms with Crippen LogP contribution in [0.1, 0.15) is 42.9 Å². The second-order valence-electron chi connectivity index (χ2n) is 11.4. The molecule has 6 rings (SSSR count). The molecule has 212 valence electrons. The number of benzene rings is 2. The van der Waals surface area contributed by atoms with Gasteiger partial charge in [-0.3, -0.25) is 14.5 Å². The van der Waals surface area contributed by atoms with Gasteiger partial charge in [0, 0.05) is 32.6 Å². The third-order valence-electron chi connectivity index (χ3n) is 9.63. The number of piperidine rings is 1. The lowest BCUT2D eigenvalue weighted by Crippen LogP contribution is -2.79. The summed E-state index contributed by atoms with van der Waals surface area (Å²) in [5.41, 5.74) is 1.66. The number of amides is 1. The molecule has 1 saturated carbocycles. The zero-order chi connectivity index (χ0) is 28.4.